The zero-order valence-electron chi connectivity index (χ0n) is 9.70. The molecular weight excluding hydrogens is 240 g/mol. The van der Waals surface area contributed by atoms with E-state index in [0.29, 0.717) is 11.7 Å². The van der Waals surface area contributed by atoms with Crippen LogP contribution < -0.4 is 5.73 Å². The van der Waals surface area contributed by atoms with Gasteiger partial charge in [0, 0.05) is 18.0 Å². The molecule has 0 bridgehead atoms. The largest absolute Gasteiger partial charge is 0.337 e. The van der Waals surface area contributed by atoms with E-state index in [1.165, 1.54) is 0 Å². The molecule has 2 aromatic heterocycles. The van der Waals surface area contributed by atoms with Gasteiger partial charge in [-0.1, -0.05) is 19.0 Å². The molecule has 0 aliphatic carbocycles. The average Bonchev–Trinajstić information content (AvgIpc) is 2.78. The Balaban J connectivity index is 0.00000144. The van der Waals surface area contributed by atoms with Crippen molar-refractivity contribution in [1.29, 1.82) is 0 Å². The fourth-order valence-electron chi connectivity index (χ4n) is 1.27. The van der Waals surface area contributed by atoms with Crippen LogP contribution in [0.1, 0.15) is 25.8 Å². The first kappa shape index (κ1) is 13.6. The van der Waals surface area contributed by atoms with Gasteiger partial charge < -0.3 is 10.3 Å². The molecule has 0 saturated heterocycles. The number of nitrogens with two attached hydrogens (primary N) is 1. The lowest BCUT2D eigenvalue weighted by Gasteiger charge is -2.09. The normalized spacial score (nSPS) is 12.2. The molecule has 17 heavy (non-hydrogen) atoms. The van der Waals surface area contributed by atoms with Crippen LogP contribution in [0.5, 0.6) is 0 Å². The summed E-state index contributed by atoms with van der Waals surface area (Å²) in [5.41, 5.74) is 6.74. The van der Waals surface area contributed by atoms with Crippen LogP contribution in [0.3, 0.4) is 0 Å². The van der Waals surface area contributed by atoms with E-state index in [1.54, 1.807) is 12.4 Å². The Bertz CT molecular complexity index is 458. The minimum Gasteiger partial charge on any atom is -0.337 e. The molecule has 0 aliphatic heterocycles. The number of hydrogen-bond donors (Lipinski definition) is 1. The number of pyridine rings is 1. The van der Waals surface area contributed by atoms with E-state index in [-0.39, 0.29) is 24.4 Å². The summed E-state index contributed by atoms with van der Waals surface area (Å²) in [5.74, 6) is 1.26. The summed E-state index contributed by atoms with van der Waals surface area (Å²) in [6.07, 6.45) is 3.39. The molecular formula is C11H15ClN4O. The molecule has 1 atom stereocenters. The summed E-state index contributed by atoms with van der Waals surface area (Å²) in [5, 5.41) is 3.88. The van der Waals surface area contributed by atoms with Gasteiger partial charge in [0.15, 0.2) is 0 Å². The second kappa shape index (κ2) is 5.75. The highest BCUT2D eigenvalue weighted by atomic mass is 35.5. The Labute approximate surface area is 106 Å². The van der Waals surface area contributed by atoms with Crippen LogP contribution in [0, 0.1) is 5.92 Å². The van der Waals surface area contributed by atoms with Crippen LogP contribution in [-0.2, 0) is 0 Å². The molecule has 6 heteroatoms. The van der Waals surface area contributed by atoms with Gasteiger partial charge in [-0.15, -0.1) is 12.4 Å². The predicted octanol–water partition coefficient (Wildman–Crippen LogP) is 2.21. The monoisotopic (exact) mass is 254 g/mol. The highest BCUT2D eigenvalue weighted by Gasteiger charge is 2.18. The predicted molar refractivity (Wildman–Crippen MR) is 66.5 cm³/mol. The number of nitrogens with zero attached hydrogens (tertiary/aromatic N) is 3. The molecule has 2 N–H and O–H groups in total. The van der Waals surface area contributed by atoms with Gasteiger partial charge in [0.25, 0.3) is 0 Å². The van der Waals surface area contributed by atoms with Crippen LogP contribution in [0.4, 0.5) is 0 Å². The lowest BCUT2D eigenvalue weighted by molar-refractivity contribution is 0.325. The zero-order chi connectivity index (χ0) is 11.5. The van der Waals surface area contributed by atoms with E-state index in [2.05, 4.69) is 15.1 Å². The molecule has 5 nitrogen and oxygen atoms in total. The highest BCUT2D eigenvalue weighted by Crippen LogP contribution is 2.20. The summed E-state index contributed by atoms with van der Waals surface area (Å²) in [6.45, 7) is 4.03. The van der Waals surface area contributed by atoms with E-state index in [0.717, 1.165) is 5.56 Å². The standard InChI is InChI=1S/C11H14N4O.ClH/c1-7(2)9(12)11-14-10(15-16-11)8-4-3-5-13-6-8;/h3-7,9H,12H2,1-2H3;1H/t9-;/m0./s1. The maximum absolute atomic E-state index is 5.92. The minimum absolute atomic E-state index is 0. The van der Waals surface area contributed by atoms with Crippen molar-refractivity contribution in [3.8, 4) is 11.4 Å². The molecule has 0 saturated carbocycles. The van der Waals surface area contributed by atoms with E-state index >= 15 is 0 Å². The number of hydrogen-bond acceptors (Lipinski definition) is 5. The van der Waals surface area contributed by atoms with Crippen molar-refractivity contribution in [2.24, 2.45) is 11.7 Å². The summed E-state index contributed by atoms with van der Waals surface area (Å²) < 4.78 is 5.13. The van der Waals surface area contributed by atoms with Crippen molar-refractivity contribution in [3.05, 3.63) is 30.4 Å². The molecule has 0 aromatic carbocycles. The van der Waals surface area contributed by atoms with E-state index in [4.69, 9.17) is 10.3 Å². The van der Waals surface area contributed by atoms with Crippen LogP contribution in [0.25, 0.3) is 11.4 Å². The van der Waals surface area contributed by atoms with Gasteiger partial charge in [-0.2, -0.15) is 4.98 Å². The quantitative estimate of drug-likeness (QED) is 0.909. The van der Waals surface area contributed by atoms with Crippen LogP contribution in [-0.4, -0.2) is 15.1 Å². The van der Waals surface area contributed by atoms with Crippen molar-refractivity contribution in [2.75, 3.05) is 0 Å². The maximum Gasteiger partial charge on any atom is 0.244 e. The van der Waals surface area contributed by atoms with Crippen LogP contribution in [0.15, 0.2) is 29.0 Å². The first-order valence-corrected chi connectivity index (χ1v) is 5.18. The summed E-state index contributed by atoms with van der Waals surface area (Å²) >= 11 is 0. The smallest absolute Gasteiger partial charge is 0.244 e. The van der Waals surface area contributed by atoms with Crippen molar-refractivity contribution >= 4 is 12.4 Å². The molecule has 0 amide bonds. The van der Waals surface area contributed by atoms with Gasteiger partial charge in [-0.3, -0.25) is 4.98 Å². The molecule has 0 radical (unpaired) electrons. The zero-order valence-corrected chi connectivity index (χ0v) is 10.5. The molecule has 2 aromatic rings. The molecule has 92 valence electrons. The Morgan fingerprint density at radius 1 is 1.35 bits per heavy atom. The SMILES string of the molecule is CC(C)[C@H](N)c1nc(-c2cccnc2)no1.Cl. The van der Waals surface area contributed by atoms with Gasteiger partial charge >= 0.3 is 0 Å². The Hall–Kier alpha value is -1.46. The van der Waals surface area contributed by atoms with Crippen molar-refractivity contribution in [3.63, 3.8) is 0 Å². The molecule has 0 spiro atoms. The number of halogens is 1. The van der Waals surface area contributed by atoms with Crippen LogP contribution in [0.2, 0.25) is 0 Å². The molecule has 0 fully saturated rings. The van der Waals surface area contributed by atoms with Gasteiger partial charge in [-0.05, 0) is 18.1 Å². The Kier molecular flexibility index (Phi) is 4.60. The lowest BCUT2D eigenvalue weighted by Crippen LogP contribution is -2.16. The molecule has 0 aliphatic rings. The third-order valence-electron chi connectivity index (χ3n) is 2.36. The summed E-state index contributed by atoms with van der Waals surface area (Å²) in [7, 11) is 0. The topological polar surface area (TPSA) is 77.8 Å². The molecule has 2 rings (SSSR count). The second-order valence-corrected chi connectivity index (χ2v) is 3.97. The van der Waals surface area contributed by atoms with Crippen molar-refractivity contribution in [1.82, 2.24) is 15.1 Å². The van der Waals surface area contributed by atoms with Crippen molar-refractivity contribution < 1.29 is 4.52 Å². The average molecular weight is 255 g/mol. The maximum atomic E-state index is 5.92. The van der Waals surface area contributed by atoms with Gasteiger partial charge in [0.2, 0.25) is 11.7 Å². The Morgan fingerprint density at radius 3 is 2.71 bits per heavy atom. The molecule has 2 heterocycles. The third-order valence-corrected chi connectivity index (χ3v) is 2.36. The number of rotatable bonds is 3. The molecule has 0 unspecified atom stereocenters. The van der Waals surface area contributed by atoms with E-state index in [1.807, 2.05) is 26.0 Å². The first-order valence-electron chi connectivity index (χ1n) is 5.18. The first-order chi connectivity index (χ1) is 7.68. The second-order valence-electron chi connectivity index (χ2n) is 3.97. The van der Waals surface area contributed by atoms with E-state index in [9.17, 15) is 0 Å². The van der Waals surface area contributed by atoms with Gasteiger partial charge in [0.05, 0.1) is 6.04 Å². The minimum atomic E-state index is -0.224. The third kappa shape index (κ3) is 3.01. The number of aromatic nitrogens is 3. The summed E-state index contributed by atoms with van der Waals surface area (Å²) in [4.78, 5) is 8.26. The van der Waals surface area contributed by atoms with Gasteiger partial charge in [0.1, 0.15) is 0 Å². The van der Waals surface area contributed by atoms with Crippen LogP contribution >= 0.6 is 12.4 Å². The lowest BCUT2D eigenvalue weighted by atomic mass is 10.1. The fraction of sp³-hybridized carbons (Fsp3) is 0.364. The van der Waals surface area contributed by atoms with Gasteiger partial charge in [-0.25, -0.2) is 0 Å². The summed E-state index contributed by atoms with van der Waals surface area (Å²) in [6, 6.07) is 3.48. The fourth-order valence-corrected chi connectivity index (χ4v) is 1.27. The highest BCUT2D eigenvalue weighted by molar-refractivity contribution is 5.85. The van der Waals surface area contributed by atoms with E-state index < -0.39 is 0 Å². The van der Waals surface area contributed by atoms with Crippen molar-refractivity contribution in [2.45, 2.75) is 19.9 Å². The Morgan fingerprint density at radius 2 is 2.12 bits per heavy atom.